The van der Waals surface area contributed by atoms with E-state index in [1.807, 2.05) is 13.8 Å². The van der Waals surface area contributed by atoms with Crippen LogP contribution in [0.3, 0.4) is 0 Å². The summed E-state index contributed by atoms with van der Waals surface area (Å²) in [5.41, 5.74) is 0.841. The molecule has 12 nitrogen and oxygen atoms in total. The SMILES string of the molecule is COc1ccc2cc1OCCn1nc(C)nc1[C@H](C(C)C)NC(=O)CN(C(=O)c1ccncc1)CCCNC2=O. The smallest absolute Gasteiger partial charge is 0.254 e. The van der Waals surface area contributed by atoms with Gasteiger partial charge in [-0.25, -0.2) is 9.67 Å². The van der Waals surface area contributed by atoms with E-state index in [1.54, 1.807) is 41.9 Å². The zero-order chi connectivity index (χ0) is 28.6. The summed E-state index contributed by atoms with van der Waals surface area (Å²) in [6, 6.07) is 7.77. The average molecular weight is 550 g/mol. The number of rotatable bonds is 3. The van der Waals surface area contributed by atoms with Crippen molar-refractivity contribution in [3.05, 3.63) is 65.5 Å². The Kier molecular flexibility index (Phi) is 9.31. The minimum Gasteiger partial charge on any atom is -0.493 e. The summed E-state index contributed by atoms with van der Waals surface area (Å²) in [6.45, 7) is 6.74. The topological polar surface area (TPSA) is 141 Å². The quantitative estimate of drug-likeness (QED) is 0.507. The highest BCUT2D eigenvalue weighted by atomic mass is 16.5. The van der Waals surface area contributed by atoms with Crippen LogP contribution < -0.4 is 20.1 Å². The number of aryl methyl sites for hydroxylation is 1. The molecule has 0 fully saturated rings. The standard InChI is InChI=1S/C28H35N7O5/c1-18(2)25-26-31-19(3)33-35(26)14-15-40-23-16-21(6-7-22(23)39-4)27(37)30-10-5-13-34(17-24(36)32-25)28(38)20-8-11-29-12-9-20/h6-9,11-12,16,18,25H,5,10,13-15,17H2,1-4H3,(H,30,37)(H,32,36)/t25-/m0/s1. The summed E-state index contributed by atoms with van der Waals surface area (Å²) in [4.78, 5) is 49.5. The van der Waals surface area contributed by atoms with E-state index in [0.717, 1.165) is 0 Å². The van der Waals surface area contributed by atoms with Crippen molar-refractivity contribution in [2.45, 2.75) is 39.8 Å². The molecule has 0 unspecified atom stereocenters. The Morgan fingerprint density at radius 3 is 2.65 bits per heavy atom. The Hall–Kier alpha value is -4.48. The van der Waals surface area contributed by atoms with Crippen molar-refractivity contribution in [2.75, 3.05) is 33.4 Å². The van der Waals surface area contributed by atoms with E-state index in [1.165, 1.54) is 24.4 Å². The first-order valence-corrected chi connectivity index (χ1v) is 13.3. The fourth-order valence-electron chi connectivity index (χ4n) is 4.46. The molecule has 3 aromatic rings. The molecule has 4 rings (SSSR count). The average Bonchev–Trinajstić information content (AvgIpc) is 3.32. The van der Waals surface area contributed by atoms with E-state index in [0.29, 0.717) is 53.8 Å². The Morgan fingerprint density at radius 2 is 1.93 bits per heavy atom. The molecule has 40 heavy (non-hydrogen) atoms. The summed E-state index contributed by atoms with van der Waals surface area (Å²) in [7, 11) is 1.54. The van der Waals surface area contributed by atoms with Crippen LogP contribution in [0.4, 0.5) is 0 Å². The molecule has 3 heterocycles. The second-order valence-corrected chi connectivity index (χ2v) is 9.82. The number of nitrogens with zero attached hydrogens (tertiary/aromatic N) is 5. The molecule has 2 aromatic heterocycles. The fraction of sp³-hybridized carbons (Fsp3) is 0.429. The molecular weight excluding hydrogens is 514 g/mol. The van der Waals surface area contributed by atoms with Gasteiger partial charge in [-0.1, -0.05) is 13.8 Å². The van der Waals surface area contributed by atoms with Crippen LogP contribution in [0.25, 0.3) is 0 Å². The number of benzene rings is 1. The summed E-state index contributed by atoms with van der Waals surface area (Å²) in [6.07, 6.45) is 3.51. The highest BCUT2D eigenvalue weighted by molar-refractivity contribution is 5.96. The molecule has 1 aliphatic heterocycles. The molecule has 2 N–H and O–H groups in total. The van der Waals surface area contributed by atoms with E-state index < -0.39 is 6.04 Å². The van der Waals surface area contributed by atoms with Gasteiger partial charge in [0.2, 0.25) is 5.91 Å². The van der Waals surface area contributed by atoms with E-state index in [9.17, 15) is 14.4 Å². The molecule has 0 saturated carbocycles. The number of nitrogens with one attached hydrogen (secondary N) is 2. The number of methoxy groups -OCH3 is 1. The number of pyridine rings is 1. The van der Waals surface area contributed by atoms with Crippen LogP contribution in [0.5, 0.6) is 11.5 Å². The van der Waals surface area contributed by atoms with Gasteiger partial charge in [0.05, 0.1) is 26.2 Å². The maximum absolute atomic E-state index is 13.3. The number of carbonyl (C=O) groups excluding carboxylic acids is 3. The number of hydrogen-bond acceptors (Lipinski definition) is 8. The zero-order valence-corrected chi connectivity index (χ0v) is 23.2. The Morgan fingerprint density at radius 1 is 1.15 bits per heavy atom. The predicted octanol–water partition coefficient (Wildman–Crippen LogP) is 2.16. The molecule has 0 spiro atoms. The highest BCUT2D eigenvalue weighted by Crippen LogP contribution is 2.28. The van der Waals surface area contributed by atoms with Gasteiger partial charge in [-0.15, -0.1) is 0 Å². The Balaban J connectivity index is 1.66. The lowest BCUT2D eigenvalue weighted by Gasteiger charge is -2.26. The number of fused-ring (bicyclic) bond motifs is 3. The molecule has 1 atom stereocenters. The lowest BCUT2D eigenvalue weighted by atomic mass is 10.0. The molecule has 1 aliphatic rings. The molecule has 0 saturated heterocycles. The van der Waals surface area contributed by atoms with Crippen molar-refractivity contribution in [1.29, 1.82) is 0 Å². The van der Waals surface area contributed by atoms with Gasteiger partial charge in [-0.05, 0) is 49.6 Å². The van der Waals surface area contributed by atoms with Gasteiger partial charge in [0.1, 0.15) is 18.3 Å². The van der Waals surface area contributed by atoms with Crippen molar-refractivity contribution in [3.8, 4) is 11.5 Å². The van der Waals surface area contributed by atoms with Crippen LogP contribution >= 0.6 is 0 Å². The van der Waals surface area contributed by atoms with Crippen LogP contribution in [-0.4, -0.2) is 75.7 Å². The molecule has 3 amide bonds. The number of carbonyl (C=O) groups is 3. The fourth-order valence-corrected chi connectivity index (χ4v) is 4.46. The monoisotopic (exact) mass is 549 g/mol. The third kappa shape index (κ3) is 6.93. The van der Waals surface area contributed by atoms with Crippen molar-refractivity contribution in [2.24, 2.45) is 5.92 Å². The van der Waals surface area contributed by atoms with Gasteiger partial charge in [0, 0.05) is 36.6 Å². The first-order chi connectivity index (χ1) is 19.3. The third-order valence-corrected chi connectivity index (χ3v) is 6.49. The van der Waals surface area contributed by atoms with Crippen molar-refractivity contribution in [1.82, 2.24) is 35.3 Å². The molecule has 0 radical (unpaired) electrons. The lowest BCUT2D eigenvalue weighted by molar-refractivity contribution is -0.123. The van der Waals surface area contributed by atoms with E-state index >= 15 is 0 Å². The van der Waals surface area contributed by atoms with Gasteiger partial charge in [0.15, 0.2) is 11.5 Å². The van der Waals surface area contributed by atoms with E-state index in [4.69, 9.17) is 9.47 Å². The second-order valence-electron chi connectivity index (χ2n) is 9.82. The molecular formula is C28H35N7O5. The Bertz CT molecular complexity index is 1340. The van der Waals surface area contributed by atoms with Crippen molar-refractivity contribution < 1.29 is 23.9 Å². The number of amides is 3. The van der Waals surface area contributed by atoms with Crippen molar-refractivity contribution in [3.63, 3.8) is 0 Å². The lowest BCUT2D eigenvalue weighted by Crippen LogP contribution is -2.44. The summed E-state index contributed by atoms with van der Waals surface area (Å²) in [5.74, 6) is 1.17. The predicted molar refractivity (Wildman–Crippen MR) is 146 cm³/mol. The van der Waals surface area contributed by atoms with Crippen LogP contribution in [0.1, 0.15) is 58.7 Å². The van der Waals surface area contributed by atoms with Gasteiger partial charge >= 0.3 is 0 Å². The largest absolute Gasteiger partial charge is 0.493 e. The van der Waals surface area contributed by atoms with Crippen molar-refractivity contribution >= 4 is 17.7 Å². The van der Waals surface area contributed by atoms with E-state index in [2.05, 4.69) is 25.7 Å². The summed E-state index contributed by atoms with van der Waals surface area (Å²) in [5, 5.41) is 10.4. The highest BCUT2D eigenvalue weighted by Gasteiger charge is 2.27. The second kappa shape index (κ2) is 13.0. The third-order valence-electron chi connectivity index (χ3n) is 6.49. The first kappa shape index (κ1) is 28.5. The normalized spacial score (nSPS) is 17.1. The van der Waals surface area contributed by atoms with Crippen LogP contribution in [0.2, 0.25) is 0 Å². The van der Waals surface area contributed by atoms with E-state index in [-0.39, 0.29) is 43.3 Å². The van der Waals surface area contributed by atoms with Gasteiger partial charge in [-0.3, -0.25) is 19.4 Å². The van der Waals surface area contributed by atoms with Gasteiger partial charge in [-0.2, -0.15) is 5.10 Å². The molecule has 212 valence electrons. The molecule has 0 aliphatic carbocycles. The number of aromatic nitrogens is 4. The van der Waals surface area contributed by atoms with Crippen LogP contribution in [-0.2, 0) is 11.3 Å². The maximum atomic E-state index is 13.3. The number of ether oxygens (including phenoxy) is 2. The van der Waals surface area contributed by atoms with Crippen LogP contribution in [0, 0.1) is 12.8 Å². The summed E-state index contributed by atoms with van der Waals surface area (Å²) >= 11 is 0. The minimum absolute atomic E-state index is 0.00542. The summed E-state index contributed by atoms with van der Waals surface area (Å²) < 4.78 is 13.1. The Labute approximate surface area is 233 Å². The first-order valence-electron chi connectivity index (χ1n) is 13.3. The molecule has 2 bridgehead atoms. The number of hydrogen-bond donors (Lipinski definition) is 2. The molecule has 12 heteroatoms. The van der Waals surface area contributed by atoms with Crippen LogP contribution in [0.15, 0.2) is 42.7 Å². The van der Waals surface area contributed by atoms with Gasteiger partial charge < -0.3 is 25.0 Å². The van der Waals surface area contributed by atoms with Gasteiger partial charge in [0.25, 0.3) is 11.8 Å². The molecule has 1 aromatic carbocycles. The zero-order valence-electron chi connectivity index (χ0n) is 23.2. The maximum Gasteiger partial charge on any atom is 0.254 e. The minimum atomic E-state index is -0.442.